The maximum atomic E-state index is 8.18. The van der Waals surface area contributed by atoms with Crippen molar-refractivity contribution in [1.29, 1.82) is 0 Å². The minimum Gasteiger partial charge on any atom is -0.325 e. The van der Waals surface area contributed by atoms with Crippen LogP contribution in [0, 0.1) is 0 Å². The lowest BCUT2D eigenvalue weighted by molar-refractivity contribution is 0.815. The van der Waals surface area contributed by atoms with Gasteiger partial charge in [-0.1, -0.05) is 231 Å². The van der Waals surface area contributed by atoms with Crippen molar-refractivity contribution in [3.63, 3.8) is 0 Å². The van der Waals surface area contributed by atoms with Crippen LogP contribution in [0.2, 0.25) is 0 Å². The Kier molecular flexibility index (Phi) is 12.8. The SMILES string of the molecule is CC(C)c1cccc(C(C)C)c1N1CCN(c2c(C(C)C)cccc2C(C)C)C1=C1C=CC(P(=C2C=C(c3ccccc3)c3ccccc32)(c2ccccc2)c2ccccc2)=C(Cl)C1Cl. The molecule has 5 heteroatoms. The number of hydrogen-bond acceptors (Lipinski definition) is 2. The summed E-state index contributed by atoms with van der Waals surface area (Å²) in [6.07, 6.45) is 7.15. The van der Waals surface area contributed by atoms with Crippen LogP contribution < -0.4 is 20.4 Å². The number of benzene rings is 6. The van der Waals surface area contributed by atoms with Crippen LogP contribution in [0.15, 0.2) is 192 Å². The average Bonchev–Trinajstić information content (AvgIpc) is 3.94. The van der Waals surface area contributed by atoms with Crippen LogP contribution in [0.25, 0.3) is 5.57 Å². The van der Waals surface area contributed by atoms with Gasteiger partial charge in [0.25, 0.3) is 0 Å². The summed E-state index contributed by atoms with van der Waals surface area (Å²) < 4.78 is 0. The van der Waals surface area contributed by atoms with E-state index in [0.717, 1.165) is 29.8 Å². The van der Waals surface area contributed by atoms with E-state index in [-0.39, 0.29) is 0 Å². The van der Waals surface area contributed by atoms with Gasteiger partial charge in [-0.25, -0.2) is 0 Å². The summed E-state index contributed by atoms with van der Waals surface area (Å²) in [6.45, 7) is 17.5. The fraction of sp³-hybridized carbons (Fsp3) is 0.250. The number of allylic oxidation sites excluding steroid dienone is 6. The monoisotopic (exact) mass is 910 g/mol. The number of alkyl halides is 1. The van der Waals surface area contributed by atoms with Crippen LogP contribution >= 0.6 is 30.1 Å². The molecule has 0 saturated carbocycles. The van der Waals surface area contributed by atoms with Crippen molar-refractivity contribution in [2.24, 2.45) is 0 Å². The second kappa shape index (κ2) is 18.6. The molecule has 9 rings (SSSR count). The lowest BCUT2D eigenvalue weighted by Crippen LogP contribution is -2.31. The molecule has 0 N–H and O–H groups in total. The van der Waals surface area contributed by atoms with E-state index in [1.165, 1.54) is 71.8 Å². The quantitative estimate of drug-likeness (QED) is 0.0998. The smallest absolute Gasteiger partial charge is 0.118 e. The highest BCUT2D eigenvalue weighted by Gasteiger charge is 2.42. The Morgan fingerprint density at radius 1 is 0.492 bits per heavy atom. The molecular formula is C60H61Cl2N2P. The zero-order chi connectivity index (χ0) is 45.6. The summed E-state index contributed by atoms with van der Waals surface area (Å²) in [5, 5.41) is 4.90. The molecule has 1 aliphatic heterocycles. The Balaban J connectivity index is 1.38. The first-order chi connectivity index (χ1) is 31.4. The second-order valence-electron chi connectivity index (χ2n) is 18.9. The predicted molar refractivity (Wildman–Crippen MR) is 286 cm³/mol. The number of anilines is 2. The van der Waals surface area contributed by atoms with E-state index in [0.29, 0.717) is 28.7 Å². The molecule has 0 radical (unpaired) electrons. The van der Waals surface area contributed by atoms with E-state index >= 15 is 0 Å². The Morgan fingerprint density at radius 2 is 0.908 bits per heavy atom. The Labute approximate surface area is 398 Å². The van der Waals surface area contributed by atoms with Crippen LogP contribution in [0.5, 0.6) is 0 Å². The summed E-state index contributed by atoms with van der Waals surface area (Å²) in [7, 11) is 0. The molecule has 0 amide bonds. The van der Waals surface area contributed by atoms with Gasteiger partial charge in [0.2, 0.25) is 0 Å². The first-order valence-electron chi connectivity index (χ1n) is 23.5. The summed E-state index contributed by atoms with van der Waals surface area (Å²) in [5.74, 6) is 2.42. The van der Waals surface area contributed by atoms with Gasteiger partial charge in [-0.15, -0.1) is 11.6 Å². The van der Waals surface area contributed by atoms with Gasteiger partial charge in [0, 0.05) is 40.4 Å². The minimum absolute atomic E-state index is 0.323. The van der Waals surface area contributed by atoms with E-state index in [4.69, 9.17) is 23.2 Å². The highest BCUT2D eigenvalue weighted by Crippen LogP contribution is 2.62. The molecule has 0 bridgehead atoms. The van der Waals surface area contributed by atoms with Gasteiger partial charge < -0.3 is 9.80 Å². The molecular weight excluding hydrogens is 851 g/mol. The van der Waals surface area contributed by atoms with Gasteiger partial charge in [-0.3, -0.25) is 0 Å². The average molecular weight is 912 g/mol. The molecule has 65 heavy (non-hydrogen) atoms. The molecule has 1 unspecified atom stereocenters. The van der Waals surface area contributed by atoms with Crippen molar-refractivity contribution in [3.8, 4) is 0 Å². The van der Waals surface area contributed by atoms with E-state index in [1.54, 1.807) is 0 Å². The van der Waals surface area contributed by atoms with Gasteiger partial charge in [0.05, 0.1) is 5.38 Å². The zero-order valence-electron chi connectivity index (χ0n) is 39.1. The summed E-state index contributed by atoms with van der Waals surface area (Å²) >= 11 is 16.4. The minimum atomic E-state index is -2.73. The fourth-order valence-corrected chi connectivity index (χ4v) is 16.0. The Hall–Kier alpha value is -5.24. The molecule has 1 atom stereocenters. The number of hydrogen-bond donors (Lipinski definition) is 0. The van der Waals surface area contributed by atoms with Crippen molar-refractivity contribution in [2.75, 3.05) is 22.9 Å². The number of nitrogens with zero attached hydrogens (tertiary/aromatic N) is 2. The van der Waals surface area contributed by atoms with Crippen molar-refractivity contribution in [1.82, 2.24) is 0 Å². The lowest BCUT2D eigenvalue weighted by atomic mass is 9.91. The van der Waals surface area contributed by atoms with Gasteiger partial charge >= 0.3 is 0 Å². The fourth-order valence-electron chi connectivity index (χ4n) is 10.5. The summed E-state index contributed by atoms with van der Waals surface area (Å²) in [5.41, 5.74) is 13.9. The zero-order valence-corrected chi connectivity index (χ0v) is 41.5. The van der Waals surface area contributed by atoms with E-state index in [2.05, 4.69) is 235 Å². The van der Waals surface area contributed by atoms with E-state index in [1.807, 2.05) is 0 Å². The number of fused-ring (bicyclic) bond motifs is 1. The van der Waals surface area contributed by atoms with Crippen LogP contribution in [-0.2, 0) is 0 Å². The van der Waals surface area contributed by atoms with Crippen molar-refractivity contribution in [3.05, 3.63) is 231 Å². The van der Waals surface area contributed by atoms with Gasteiger partial charge in [0.15, 0.2) is 0 Å². The van der Waals surface area contributed by atoms with E-state index < -0.39 is 12.3 Å². The molecule has 1 fully saturated rings. The lowest BCUT2D eigenvalue weighted by Gasteiger charge is -2.38. The van der Waals surface area contributed by atoms with Crippen molar-refractivity contribution in [2.45, 2.75) is 84.4 Å². The number of para-hydroxylation sites is 2. The first-order valence-corrected chi connectivity index (χ1v) is 26.1. The third-order valence-electron chi connectivity index (χ3n) is 13.6. The molecule has 6 aromatic carbocycles. The second-order valence-corrected chi connectivity index (χ2v) is 23.1. The van der Waals surface area contributed by atoms with Crippen LogP contribution in [0.4, 0.5) is 11.4 Å². The molecule has 2 aliphatic carbocycles. The Bertz CT molecular complexity index is 2750. The Morgan fingerprint density at radius 3 is 1.35 bits per heavy atom. The van der Waals surface area contributed by atoms with Gasteiger partial charge in [0.1, 0.15) is 5.82 Å². The molecule has 1 heterocycles. The third kappa shape index (κ3) is 7.80. The van der Waals surface area contributed by atoms with Crippen molar-refractivity contribution < 1.29 is 0 Å². The van der Waals surface area contributed by atoms with Crippen molar-refractivity contribution >= 4 is 62.9 Å². The third-order valence-corrected chi connectivity index (χ3v) is 19.0. The molecule has 330 valence electrons. The molecule has 3 aliphatic rings. The van der Waals surface area contributed by atoms with Crippen LogP contribution in [0.3, 0.4) is 0 Å². The highest BCUT2D eigenvalue weighted by molar-refractivity contribution is 7.93. The van der Waals surface area contributed by atoms with E-state index in [9.17, 15) is 0 Å². The topological polar surface area (TPSA) is 6.48 Å². The van der Waals surface area contributed by atoms with Gasteiger partial charge in [-0.05, 0) is 97.1 Å². The highest BCUT2D eigenvalue weighted by atomic mass is 35.5. The van der Waals surface area contributed by atoms with Crippen LogP contribution in [0.1, 0.15) is 118 Å². The number of rotatable bonds is 10. The molecule has 1 saturated heterocycles. The largest absolute Gasteiger partial charge is 0.325 e. The number of halogens is 2. The summed E-state index contributed by atoms with van der Waals surface area (Å²) in [6, 6.07) is 55.6. The van der Waals surface area contributed by atoms with Crippen LogP contribution in [-0.4, -0.2) is 23.8 Å². The maximum absolute atomic E-state index is 8.18. The molecule has 6 aromatic rings. The molecule has 0 spiro atoms. The standard InChI is InChI=1S/C60H61Cl2N2P/c1-39(2)46-30-20-31-47(40(3)4)58(46)63-36-37-64(59-48(41(5)6)32-21-33-49(59)42(7)8)60(63)52-34-35-54(57(62)56(52)61)65(44-24-14-10-15-25-44,45-26-16-11-17-27-45)55-38-53(43-22-12-9-13-23-43)50-28-18-19-29-51(50)55/h9-35,38-42,56H,36-37H2,1-8H3. The maximum Gasteiger partial charge on any atom is 0.118 e. The molecule has 2 nitrogen and oxygen atoms in total. The van der Waals surface area contributed by atoms with Gasteiger partial charge in [-0.2, -0.15) is 0 Å². The molecule has 0 aromatic heterocycles. The predicted octanol–water partition coefficient (Wildman–Crippen LogP) is 15.7. The first kappa shape index (κ1) is 44.9. The summed E-state index contributed by atoms with van der Waals surface area (Å²) in [4.78, 5) is 5.20. The normalized spacial score (nSPS) is 16.6.